The Balaban J connectivity index is 1.82. The molecule has 0 fully saturated rings. The van der Waals surface area contributed by atoms with E-state index in [4.69, 9.17) is 25.3 Å². The fraction of sp³-hybridized carbons (Fsp3) is 0.105. The van der Waals surface area contributed by atoms with Gasteiger partial charge in [-0.05, 0) is 31.2 Å². The fourth-order valence-electron chi connectivity index (χ4n) is 2.62. The van der Waals surface area contributed by atoms with Crippen molar-refractivity contribution in [3.63, 3.8) is 0 Å². The number of ether oxygens (including phenoxy) is 1. The lowest BCUT2D eigenvalue weighted by atomic mass is 10.1. The molecule has 0 radical (unpaired) electrons. The number of hydrogen-bond acceptors (Lipinski definition) is 6. The van der Waals surface area contributed by atoms with Crippen LogP contribution in [0, 0.1) is 0 Å². The third-order valence-corrected chi connectivity index (χ3v) is 4.12. The first-order chi connectivity index (χ1) is 12.7. The van der Waals surface area contributed by atoms with Crippen LogP contribution in [0.25, 0.3) is 33.8 Å². The van der Waals surface area contributed by atoms with Gasteiger partial charge in [-0.1, -0.05) is 41.0 Å². The molecule has 130 valence electrons. The second-order valence-corrected chi connectivity index (χ2v) is 5.87. The molecule has 0 spiro atoms. The zero-order valence-electron chi connectivity index (χ0n) is 13.7. The van der Waals surface area contributed by atoms with Crippen LogP contribution in [0.15, 0.2) is 62.3 Å². The van der Waals surface area contributed by atoms with Crippen molar-refractivity contribution in [2.45, 2.75) is 6.92 Å². The van der Waals surface area contributed by atoms with E-state index in [9.17, 15) is 4.79 Å². The average Bonchev–Trinajstić information content (AvgIpc) is 3.12. The van der Waals surface area contributed by atoms with Crippen molar-refractivity contribution in [1.82, 2.24) is 10.1 Å². The first kappa shape index (κ1) is 16.4. The third kappa shape index (κ3) is 2.84. The number of rotatable bonds is 4. The van der Waals surface area contributed by atoms with Gasteiger partial charge in [0.25, 0.3) is 5.89 Å². The molecule has 0 unspecified atom stereocenters. The Bertz CT molecular complexity index is 1150. The average molecular weight is 369 g/mol. The predicted octanol–water partition coefficient (Wildman–Crippen LogP) is 4.56. The van der Waals surface area contributed by atoms with E-state index >= 15 is 0 Å². The van der Waals surface area contributed by atoms with Gasteiger partial charge in [0.2, 0.25) is 5.82 Å². The second-order valence-electron chi connectivity index (χ2n) is 5.46. The molecule has 4 aromatic rings. The molecule has 2 aromatic carbocycles. The summed E-state index contributed by atoms with van der Waals surface area (Å²) in [5, 5.41) is 5.11. The van der Waals surface area contributed by atoms with Crippen molar-refractivity contribution in [3.05, 3.63) is 64.0 Å². The Hall–Kier alpha value is -3.12. The van der Waals surface area contributed by atoms with E-state index in [0.29, 0.717) is 39.7 Å². The van der Waals surface area contributed by atoms with Crippen molar-refractivity contribution in [2.75, 3.05) is 6.61 Å². The number of nitrogens with zero attached hydrogens (tertiary/aromatic N) is 2. The van der Waals surface area contributed by atoms with Crippen LogP contribution in [0.1, 0.15) is 6.92 Å². The maximum Gasteiger partial charge on any atom is 0.349 e. The van der Waals surface area contributed by atoms with Crippen LogP contribution in [0.2, 0.25) is 5.02 Å². The van der Waals surface area contributed by atoms with Crippen molar-refractivity contribution >= 4 is 22.6 Å². The van der Waals surface area contributed by atoms with Crippen molar-refractivity contribution < 1.29 is 13.7 Å². The lowest BCUT2D eigenvalue weighted by Crippen LogP contribution is -2.04. The molecule has 4 rings (SSSR count). The van der Waals surface area contributed by atoms with Crippen molar-refractivity contribution in [2.24, 2.45) is 0 Å². The standard InChI is InChI=1S/C19H13ClN2O4/c1-2-24-15-9-5-6-11-10-13(19(23)25-16(11)15)18-21-17(22-26-18)12-7-3-4-8-14(12)20/h3-10H,2H2,1H3. The number of aromatic nitrogens is 2. The molecule has 0 atom stereocenters. The lowest BCUT2D eigenvalue weighted by Gasteiger charge is -2.05. The Morgan fingerprint density at radius 2 is 1.96 bits per heavy atom. The molecule has 0 aliphatic carbocycles. The highest BCUT2D eigenvalue weighted by Crippen LogP contribution is 2.29. The number of benzene rings is 2. The molecule has 6 nitrogen and oxygen atoms in total. The van der Waals surface area contributed by atoms with Gasteiger partial charge in [-0.25, -0.2) is 4.79 Å². The van der Waals surface area contributed by atoms with Crippen molar-refractivity contribution in [3.8, 4) is 28.6 Å². The van der Waals surface area contributed by atoms with Crippen LogP contribution < -0.4 is 10.4 Å². The Morgan fingerprint density at radius 3 is 2.77 bits per heavy atom. The molecular weight excluding hydrogens is 356 g/mol. The topological polar surface area (TPSA) is 78.4 Å². The Kier molecular flexibility index (Phi) is 4.18. The predicted molar refractivity (Wildman–Crippen MR) is 97.4 cm³/mol. The summed E-state index contributed by atoms with van der Waals surface area (Å²) in [5.41, 5.74) is 0.595. The van der Waals surface area contributed by atoms with E-state index < -0.39 is 5.63 Å². The van der Waals surface area contributed by atoms with Crippen LogP contribution in [-0.2, 0) is 0 Å². The summed E-state index contributed by atoms with van der Waals surface area (Å²) >= 11 is 6.15. The zero-order valence-corrected chi connectivity index (χ0v) is 14.5. The monoisotopic (exact) mass is 368 g/mol. The summed E-state index contributed by atoms with van der Waals surface area (Å²) in [6, 6.07) is 14.2. The summed E-state index contributed by atoms with van der Waals surface area (Å²) in [5.74, 6) is 0.876. The second kappa shape index (κ2) is 6.65. The maximum atomic E-state index is 12.4. The van der Waals surface area contributed by atoms with Crippen LogP contribution in [0.5, 0.6) is 5.75 Å². The normalized spacial score (nSPS) is 11.0. The number of halogens is 1. The molecule has 26 heavy (non-hydrogen) atoms. The van der Waals surface area contributed by atoms with Gasteiger partial charge in [0.1, 0.15) is 5.56 Å². The molecule has 7 heteroatoms. The van der Waals surface area contributed by atoms with Gasteiger partial charge in [0, 0.05) is 10.9 Å². The summed E-state index contributed by atoms with van der Waals surface area (Å²) in [4.78, 5) is 16.7. The molecule has 0 saturated carbocycles. The smallest absolute Gasteiger partial charge is 0.349 e. The van der Waals surface area contributed by atoms with E-state index in [0.717, 1.165) is 0 Å². The summed E-state index contributed by atoms with van der Waals surface area (Å²) in [7, 11) is 0. The molecule has 0 saturated heterocycles. The minimum atomic E-state index is -0.584. The molecule has 0 aliphatic heterocycles. The Morgan fingerprint density at radius 1 is 1.12 bits per heavy atom. The van der Waals surface area contributed by atoms with Gasteiger partial charge in [0.15, 0.2) is 11.3 Å². The Labute approximate surface area is 153 Å². The van der Waals surface area contributed by atoms with E-state index in [2.05, 4.69) is 10.1 Å². The van der Waals surface area contributed by atoms with Gasteiger partial charge in [-0.2, -0.15) is 4.98 Å². The van der Waals surface area contributed by atoms with Gasteiger partial charge >= 0.3 is 5.63 Å². The summed E-state index contributed by atoms with van der Waals surface area (Å²) < 4.78 is 16.2. The molecule has 0 aliphatic rings. The molecule has 0 N–H and O–H groups in total. The number of hydrogen-bond donors (Lipinski definition) is 0. The molecule has 2 heterocycles. The SMILES string of the molecule is CCOc1cccc2cc(-c3nc(-c4ccccc4Cl)no3)c(=O)oc12. The highest BCUT2D eigenvalue weighted by molar-refractivity contribution is 6.33. The minimum absolute atomic E-state index is 0.0670. The molecular formula is C19H13ClN2O4. The lowest BCUT2D eigenvalue weighted by molar-refractivity contribution is 0.337. The highest BCUT2D eigenvalue weighted by atomic mass is 35.5. The summed E-state index contributed by atoms with van der Waals surface area (Å²) in [6.45, 7) is 2.33. The van der Waals surface area contributed by atoms with Gasteiger partial charge < -0.3 is 13.7 Å². The van der Waals surface area contributed by atoms with E-state index in [1.54, 1.807) is 30.3 Å². The third-order valence-electron chi connectivity index (χ3n) is 3.79. The first-order valence-electron chi connectivity index (χ1n) is 7.96. The first-order valence-corrected chi connectivity index (χ1v) is 8.34. The largest absolute Gasteiger partial charge is 0.490 e. The zero-order chi connectivity index (χ0) is 18.1. The van der Waals surface area contributed by atoms with Crippen LogP contribution in [0.3, 0.4) is 0 Å². The number of fused-ring (bicyclic) bond motifs is 1. The fourth-order valence-corrected chi connectivity index (χ4v) is 2.84. The van der Waals surface area contributed by atoms with Gasteiger partial charge in [0.05, 0.1) is 11.6 Å². The summed E-state index contributed by atoms with van der Waals surface area (Å²) in [6.07, 6.45) is 0. The highest BCUT2D eigenvalue weighted by Gasteiger charge is 2.18. The van der Waals surface area contributed by atoms with Gasteiger partial charge in [-0.15, -0.1) is 0 Å². The number of para-hydroxylation sites is 1. The van der Waals surface area contributed by atoms with E-state index in [1.807, 2.05) is 25.1 Å². The molecule has 2 aromatic heterocycles. The van der Waals surface area contributed by atoms with Crippen LogP contribution >= 0.6 is 11.6 Å². The molecule has 0 amide bonds. The van der Waals surface area contributed by atoms with Crippen LogP contribution in [-0.4, -0.2) is 16.7 Å². The molecule has 0 bridgehead atoms. The van der Waals surface area contributed by atoms with E-state index in [1.165, 1.54) is 0 Å². The van der Waals surface area contributed by atoms with Crippen molar-refractivity contribution in [1.29, 1.82) is 0 Å². The van der Waals surface area contributed by atoms with Gasteiger partial charge in [-0.3, -0.25) is 0 Å². The minimum Gasteiger partial charge on any atom is -0.490 e. The van der Waals surface area contributed by atoms with Crippen LogP contribution in [0.4, 0.5) is 0 Å². The maximum absolute atomic E-state index is 12.4. The van der Waals surface area contributed by atoms with E-state index in [-0.39, 0.29) is 11.5 Å². The quantitative estimate of drug-likeness (QED) is 0.491.